The predicted molar refractivity (Wildman–Crippen MR) is 110 cm³/mol. The molecule has 0 aliphatic heterocycles. The summed E-state index contributed by atoms with van der Waals surface area (Å²) in [5.41, 5.74) is 0.241. The molecule has 0 spiro atoms. The maximum Gasteiger partial charge on any atom is 0.337 e. The van der Waals surface area contributed by atoms with Gasteiger partial charge in [0.25, 0.3) is 11.8 Å². The molecule has 2 amide bonds. The summed E-state index contributed by atoms with van der Waals surface area (Å²) in [6.45, 7) is 0. The summed E-state index contributed by atoms with van der Waals surface area (Å²) in [5, 5.41) is 13.0. The summed E-state index contributed by atoms with van der Waals surface area (Å²) in [6.07, 6.45) is 1.37. The third-order valence-corrected chi connectivity index (χ3v) is 4.19. The van der Waals surface area contributed by atoms with Crippen LogP contribution in [0.1, 0.15) is 31.2 Å². The van der Waals surface area contributed by atoms with Crippen LogP contribution in [0.5, 0.6) is 0 Å². The SMILES string of the molecule is COC(=O)c1ccc(C(=O)Nc2ccc(Cl)cn2)c(NC(=O)c2ccc(Cl)nn2)c1. The van der Waals surface area contributed by atoms with Crippen molar-refractivity contribution in [3.05, 3.63) is 75.7 Å². The van der Waals surface area contributed by atoms with Crippen LogP contribution in [0, 0.1) is 0 Å². The number of rotatable bonds is 5. The van der Waals surface area contributed by atoms with E-state index in [0.717, 1.165) is 0 Å². The van der Waals surface area contributed by atoms with Crippen molar-refractivity contribution >= 4 is 52.5 Å². The number of amides is 2. The summed E-state index contributed by atoms with van der Waals surface area (Å²) in [5.74, 6) is -1.61. The Morgan fingerprint density at radius 2 is 1.73 bits per heavy atom. The molecule has 11 heteroatoms. The lowest BCUT2D eigenvalue weighted by atomic mass is 10.1. The maximum absolute atomic E-state index is 12.7. The Balaban J connectivity index is 1.92. The summed E-state index contributed by atoms with van der Waals surface area (Å²) in [6, 6.07) is 9.93. The highest BCUT2D eigenvalue weighted by Crippen LogP contribution is 2.21. The lowest BCUT2D eigenvalue weighted by molar-refractivity contribution is 0.0600. The van der Waals surface area contributed by atoms with Gasteiger partial charge in [0.15, 0.2) is 10.8 Å². The van der Waals surface area contributed by atoms with Gasteiger partial charge in [-0.15, -0.1) is 10.2 Å². The molecule has 2 aromatic heterocycles. The molecule has 152 valence electrons. The molecule has 30 heavy (non-hydrogen) atoms. The second-order valence-corrected chi connectivity index (χ2v) is 6.59. The van der Waals surface area contributed by atoms with E-state index >= 15 is 0 Å². The fraction of sp³-hybridized carbons (Fsp3) is 0.0526. The zero-order valence-electron chi connectivity index (χ0n) is 15.3. The van der Waals surface area contributed by atoms with Crippen molar-refractivity contribution in [1.82, 2.24) is 15.2 Å². The lowest BCUT2D eigenvalue weighted by Gasteiger charge is -2.12. The van der Waals surface area contributed by atoms with Crippen LogP contribution in [0.4, 0.5) is 11.5 Å². The van der Waals surface area contributed by atoms with E-state index in [1.807, 2.05) is 0 Å². The number of benzene rings is 1. The number of methoxy groups -OCH3 is 1. The molecule has 0 aliphatic rings. The second kappa shape index (κ2) is 9.29. The van der Waals surface area contributed by atoms with Gasteiger partial charge < -0.3 is 15.4 Å². The van der Waals surface area contributed by atoms with Crippen LogP contribution in [0.3, 0.4) is 0 Å². The van der Waals surface area contributed by atoms with E-state index in [2.05, 4.69) is 30.6 Å². The highest BCUT2D eigenvalue weighted by Gasteiger charge is 2.19. The fourth-order valence-electron chi connectivity index (χ4n) is 2.35. The van der Waals surface area contributed by atoms with E-state index in [0.29, 0.717) is 5.02 Å². The first kappa shape index (κ1) is 21.2. The standard InChI is InChI=1S/C19H13Cl2N5O4/c1-30-19(29)10-2-4-12(17(27)24-16-7-3-11(20)9-22-16)14(8-10)23-18(28)13-5-6-15(21)26-25-13/h2-9H,1H3,(H,23,28)(H,22,24,27). The largest absolute Gasteiger partial charge is 0.465 e. The number of nitrogens with one attached hydrogen (secondary N) is 2. The third kappa shape index (κ3) is 5.07. The molecular formula is C19H13Cl2N5O4. The first-order valence-electron chi connectivity index (χ1n) is 8.33. The lowest BCUT2D eigenvalue weighted by Crippen LogP contribution is -2.20. The predicted octanol–water partition coefficient (Wildman–Crippen LogP) is 3.47. The Morgan fingerprint density at radius 1 is 0.933 bits per heavy atom. The minimum atomic E-state index is -0.653. The van der Waals surface area contributed by atoms with Crippen LogP contribution >= 0.6 is 23.2 Å². The second-order valence-electron chi connectivity index (χ2n) is 5.76. The molecule has 0 bridgehead atoms. The third-order valence-electron chi connectivity index (χ3n) is 3.77. The van der Waals surface area contributed by atoms with Crippen LogP contribution in [0.25, 0.3) is 0 Å². The highest BCUT2D eigenvalue weighted by molar-refractivity contribution is 6.30. The van der Waals surface area contributed by atoms with Crippen LogP contribution in [0.2, 0.25) is 10.2 Å². The normalized spacial score (nSPS) is 10.2. The van der Waals surface area contributed by atoms with E-state index < -0.39 is 17.8 Å². The van der Waals surface area contributed by atoms with Gasteiger partial charge in [0, 0.05) is 6.20 Å². The smallest absolute Gasteiger partial charge is 0.337 e. The van der Waals surface area contributed by atoms with E-state index in [9.17, 15) is 14.4 Å². The van der Waals surface area contributed by atoms with Gasteiger partial charge >= 0.3 is 5.97 Å². The van der Waals surface area contributed by atoms with Crippen molar-refractivity contribution in [3.63, 3.8) is 0 Å². The molecule has 0 unspecified atom stereocenters. The number of carbonyl (C=O) groups excluding carboxylic acids is 3. The highest BCUT2D eigenvalue weighted by atomic mass is 35.5. The summed E-state index contributed by atoms with van der Waals surface area (Å²) in [7, 11) is 1.22. The van der Waals surface area contributed by atoms with E-state index in [1.54, 1.807) is 6.07 Å². The Kier molecular flexibility index (Phi) is 6.55. The van der Waals surface area contributed by atoms with Gasteiger partial charge in [-0.25, -0.2) is 9.78 Å². The zero-order chi connectivity index (χ0) is 21.7. The first-order chi connectivity index (χ1) is 14.4. The van der Waals surface area contributed by atoms with Crippen LogP contribution in [0.15, 0.2) is 48.7 Å². The summed E-state index contributed by atoms with van der Waals surface area (Å²) in [4.78, 5) is 41.1. The molecular weight excluding hydrogens is 433 g/mol. The van der Waals surface area contributed by atoms with Gasteiger partial charge in [0.2, 0.25) is 0 Å². The molecule has 0 radical (unpaired) electrons. The van der Waals surface area contributed by atoms with Crippen molar-refractivity contribution in [1.29, 1.82) is 0 Å². The Labute approximate surface area is 180 Å². The molecule has 0 aliphatic carbocycles. The average molecular weight is 446 g/mol. The van der Waals surface area contributed by atoms with Gasteiger partial charge in [-0.2, -0.15) is 0 Å². The molecule has 0 atom stereocenters. The van der Waals surface area contributed by atoms with E-state index in [1.165, 1.54) is 49.7 Å². The van der Waals surface area contributed by atoms with Gasteiger partial charge in [-0.3, -0.25) is 9.59 Å². The maximum atomic E-state index is 12.7. The Morgan fingerprint density at radius 3 is 2.37 bits per heavy atom. The number of halogens is 2. The number of carbonyl (C=O) groups is 3. The molecule has 1 aromatic carbocycles. The number of hydrogen-bond acceptors (Lipinski definition) is 7. The molecule has 2 N–H and O–H groups in total. The van der Waals surface area contributed by atoms with Crippen molar-refractivity contribution in [2.24, 2.45) is 0 Å². The van der Waals surface area contributed by atoms with Crippen LogP contribution < -0.4 is 10.6 Å². The number of pyridine rings is 1. The van der Waals surface area contributed by atoms with E-state index in [-0.39, 0.29) is 33.5 Å². The Hall–Kier alpha value is -3.56. The number of esters is 1. The Bertz CT molecular complexity index is 1100. The minimum absolute atomic E-state index is 0.0337. The van der Waals surface area contributed by atoms with Gasteiger partial charge in [0.05, 0.1) is 28.9 Å². The van der Waals surface area contributed by atoms with Crippen molar-refractivity contribution < 1.29 is 19.1 Å². The fourth-order valence-corrected chi connectivity index (χ4v) is 2.56. The number of ether oxygens (including phenoxy) is 1. The number of anilines is 2. The minimum Gasteiger partial charge on any atom is -0.465 e. The monoisotopic (exact) mass is 445 g/mol. The quantitative estimate of drug-likeness (QED) is 0.576. The molecule has 3 rings (SSSR count). The van der Waals surface area contributed by atoms with E-state index in [4.69, 9.17) is 23.2 Å². The molecule has 0 saturated carbocycles. The average Bonchev–Trinajstić information content (AvgIpc) is 2.75. The van der Waals surface area contributed by atoms with Gasteiger partial charge in [0.1, 0.15) is 5.82 Å². The topological polar surface area (TPSA) is 123 Å². The van der Waals surface area contributed by atoms with Crippen molar-refractivity contribution in [2.45, 2.75) is 0 Å². The zero-order valence-corrected chi connectivity index (χ0v) is 16.9. The molecule has 2 heterocycles. The first-order valence-corrected chi connectivity index (χ1v) is 9.09. The summed E-state index contributed by atoms with van der Waals surface area (Å²) >= 11 is 11.5. The van der Waals surface area contributed by atoms with Crippen LogP contribution in [-0.4, -0.2) is 40.1 Å². The summed E-state index contributed by atoms with van der Waals surface area (Å²) < 4.78 is 4.69. The van der Waals surface area contributed by atoms with Crippen molar-refractivity contribution in [3.8, 4) is 0 Å². The van der Waals surface area contributed by atoms with Crippen molar-refractivity contribution in [2.75, 3.05) is 17.7 Å². The molecule has 3 aromatic rings. The number of aromatic nitrogens is 3. The molecule has 0 saturated heterocycles. The van der Waals surface area contributed by atoms with Crippen LogP contribution in [-0.2, 0) is 4.74 Å². The number of hydrogen-bond donors (Lipinski definition) is 2. The number of nitrogens with zero attached hydrogens (tertiary/aromatic N) is 3. The molecule has 9 nitrogen and oxygen atoms in total. The van der Waals surface area contributed by atoms with Gasteiger partial charge in [-0.1, -0.05) is 23.2 Å². The van der Waals surface area contributed by atoms with Gasteiger partial charge in [-0.05, 0) is 42.5 Å². The molecule has 0 fully saturated rings.